The number of halogens is 2. The first-order valence-corrected chi connectivity index (χ1v) is 5.72. The predicted molar refractivity (Wildman–Crippen MR) is 57.6 cm³/mol. The lowest BCUT2D eigenvalue weighted by Gasteiger charge is -2.04. The molecule has 0 bridgehead atoms. The third-order valence-corrected chi connectivity index (χ3v) is 2.59. The van der Waals surface area contributed by atoms with Crippen molar-refractivity contribution in [2.24, 2.45) is 0 Å². The van der Waals surface area contributed by atoms with Crippen molar-refractivity contribution in [1.29, 1.82) is 0 Å². The Morgan fingerprint density at radius 3 is 3.00 bits per heavy atom. The van der Waals surface area contributed by atoms with Crippen LogP contribution in [0.3, 0.4) is 0 Å². The SMILES string of the molecule is O=C(O)c1nc(CNCCOCC(F)F)cs1. The number of nitrogens with zero attached hydrogens (tertiary/aromatic N) is 1. The lowest BCUT2D eigenvalue weighted by molar-refractivity contribution is 0.0187. The maximum atomic E-state index is 11.7. The summed E-state index contributed by atoms with van der Waals surface area (Å²) in [6.45, 7) is 0.413. The third kappa shape index (κ3) is 5.66. The van der Waals surface area contributed by atoms with Gasteiger partial charge in [-0.2, -0.15) is 0 Å². The number of hydrogen-bond donors (Lipinski definition) is 2. The first-order valence-electron chi connectivity index (χ1n) is 4.84. The standard InChI is InChI=1S/C9H12F2N2O3S/c10-7(11)4-16-2-1-12-3-6-5-17-8(13-6)9(14)15/h5,7,12H,1-4H2,(H,14,15). The van der Waals surface area contributed by atoms with Gasteiger partial charge in [0.25, 0.3) is 6.43 Å². The highest BCUT2D eigenvalue weighted by Gasteiger charge is 2.08. The molecule has 1 aromatic rings. The summed E-state index contributed by atoms with van der Waals surface area (Å²) in [5, 5.41) is 13.2. The number of carboxylic acids is 1. The maximum absolute atomic E-state index is 11.7. The first-order chi connectivity index (χ1) is 8.09. The zero-order valence-corrected chi connectivity index (χ0v) is 9.67. The summed E-state index contributed by atoms with van der Waals surface area (Å²) in [4.78, 5) is 14.4. The van der Waals surface area contributed by atoms with Crippen molar-refractivity contribution in [1.82, 2.24) is 10.3 Å². The Hall–Kier alpha value is -1.12. The van der Waals surface area contributed by atoms with Gasteiger partial charge in [0.15, 0.2) is 0 Å². The molecule has 0 atom stereocenters. The van der Waals surface area contributed by atoms with E-state index in [1.54, 1.807) is 5.38 Å². The molecule has 0 unspecified atom stereocenters. The van der Waals surface area contributed by atoms with Gasteiger partial charge in [-0.15, -0.1) is 11.3 Å². The Labute approximate surface area is 100 Å². The van der Waals surface area contributed by atoms with Crippen LogP contribution < -0.4 is 5.32 Å². The number of aromatic nitrogens is 1. The summed E-state index contributed by atoms with van der Waals surface area (Å²) in [7, 11) is 0. The van der Waals surface area contributed by atoms with Gasteiger partial charge in [-0.1, -0.05) is 0 Å². The summed E-state index contributed by atoms with van der Waals surface area (Å²) in [5.41, 5.74) is 0.612. The molecule has 8 heteroatoms. The van der Waals surface area contributed by atoms with Gasteiger partial charge in [-0.25, -0.2) is 18.6 Å². The zero-order valence-electron chi connectivity index (χ0n) is 8.86. The van der Waals surface area contributed by atoms with E-state index in [4.69, 9.17) is 5.11 Å². The molecule has 0 saturated heterocycles. The molecule has 0 saturated carbocycles. The van der Waals surface area contributed by atoms with Crippen molar-refractivity contribution >= 4 is 17.3 Å². The molecule has 0 aliphatic carbocycles. The van der Waals surface area contributed by atoms with Crippen LogP contribution in [0.4, 0.5) is 8.78 Å². The van der Waals surface area contributed by atoms with Crippen LogP contribution in [0.25, 0.3) is 0 Å². The maximum Gasteiger partial charge on any atom is 0.365 e. The van der Waals surface area contributed by atoms with E-state index in [-0.39, 0.29) is 11.6 Å². The van der Waals surface area contributed by atoms with Gasteiger partial charge in [0.05, 0.1) is 12.3 Å². The number of aromatic carboxylic acids is 1. The highest BCUT2D eigenvalue weighted by molar-refractivity contribution is 7.11. The van der Waals surface area contributed by atoms with Gasteiger partial charge in [-0.3, -0.25) is 0 Å². The Bertz CT molecular complexity index is 360. The summed E-state index contributed by atoms with van der Waals surface area (Å²) in [6, 6.07) is 0. The molecule has 5 nitrogen and oxygen atoms in total. The minimum absolute atomic E-state index is 0.0377. The quantitative estimate of drug-likeness (QED) is 0.692. The van der Waals surface area contributed by atoms with E-state index < -0.39 is 19.0 Å². The molecule has 0 aliphatic heterocycles. The van der Waals surface area contributed by atoms with Gasteiger partial charge in [0.1, 0.15) is 6.61 Å². The molecule has 0 aliphatic rings. The Kier molecular flexibility index (Phi) is 5.95. The largest absolute Gasteiger partial charge is 0.476 e. The third-order valence-electron chi connectivity index (χ3n) is 1.71. The summed E-state index contributed by atoms with van der Waals surface area (Å²) >= 11 is 1.05. The van der Waals surface area contributed by atoms with Crippen LogP contribution in [0.1, 0.15) is 15.5 Å². The second-order valence-electron chi connectivity index (χ2n) is 3.09. The van der Waals surface area contributed by atoms with Crippen LogP contribution >= 0.6 is 11.3 Å². The van der Waals surface area contributed by atoms with E-state index >= 15 is 0 Å². The van der Waals surface area contributed by atoms with Crippen LogP contribution in [-0.4, -0.2) is 42.2 Å². The first kappa shape index (κ1) is 13.9. The molecule has 0 spiro atoms. The summed E-state index contributed by atoms with van der Waals surface area (Å²) in [6.07, 6.45) is -2.45. The Balaban J connectivity index is 2.11. The van der Waals surface area contributed by atoms with Crippen molar-refractivity contribution in [3.05, 3.63) is 16.1 Å². The van der Waals surface area contributed by atoms with Crippen molar-refractivity contribution in [2.45, 2.75) is 13.0 Å². The van der Waals surface area contributed by atoms with Crippen molar-refractivity contribution in [3.8, 4) is 0 Å². The molecule has 96 valence electrons. The van der Waals surface area contributed by atoms with E-state index in [0.29, 0.717) is 18.8 Å². The molecule has 17 heavy (non-hydrogen) atoms. The molecule has 1 aromatic heterocycles. The Morgan fingerprint density at radius 2 is 2.41 bits per heavy atom. The van der Waals surface area contributed by atoms with Crippen molar-refractivity contribution in [3.63, 3.8) is 0 Å². The highest BCUT2D eigenvalue weighted by atomic mass is 32.1. The number of nitrogens with one attached hydrogen (secondary N) is 1. The number of thiazole rings is 1. The van der Waals surface area contributed by atoms with E-state index in [9.17, 15) is 13.6 Å². The van der Waals surface area contributed by atoms with E-state index in [1.165, 1.54) is 0 Å². The lowest BCUT2D eigenvalue weighted by atomic mass is 10.5. The Morgan fingerprint density at radius 1 is 1.65 bits per heavy atom. The second kappa shape index (κ2) is 7.25. The van der Waals surface area contributed by atoms with Gasteiger partial charge in [0, 0.05) is 18.5 Å². The molecule has 0 fully saturated rings. The van der Waals surface area contributed by atoms with E-state index in [0.717, 1.165) is 11.3 Å². The van der Waals surface area contributed by atoms with E-state index in [2.05, 4.69) is 15.0 Å². The predicted octanol–water partition coefficient (Wildman–Crippen LogP) is 1.21. The zero-order chi connectivity index (χ0) is 12.7. The fourth-order valence-corrected chi connectivity index (χ4v) is 1.67. The molecule has 2 N–H and O–H groups in total. The average Bonchev–Trinajstić information content (AvgIpc) is 2.71. The molecule has 0 aromatic carbocycles. The van der Waals surface area contributed by atoms with Crippen LogP contribution in [0, 0.1) is 0 Å². The molecular weight excluding hydrogens is 254 g/mol. The number of rotatable bonds is 8. The summed E-state index contributed by atoms with van der Waals surface area (Å²) < 4.78 is 28.0. The minimum Gasteiger partial charge on any atom is -0.476 e. The topological polar surface area (TPSA) is 71.5 Å². The smallest absolute Gasteiger partial charge is 0.365 e. The average molecular weight is 266 g/mol. The van der Waals surface area contributed by atoms with Gasteiger partial charge in [-0.05, 0) is 0 Å². The molecular formula is C9H12F2N2O3S. The number of ether oxygens (including phenoxy) is 1. The fraction of sp³-hybridized carbons (Fsp3) is 0.556. The summed E-state index contributed by atoms with van der Waals surface area (Å²) in [5.74, 6) is -1.05. The van der Waals surface area contributed by atoms with Crippen molar-refractivity contribution in [2.75, 3.05) is 19.8 Å². The molecule has 0 radical (unpaired) electrons. The van der Waals surface area contributed by atoms with Crippen LogP contribution in [0.15, 0.2) is 5.38 Å². The molecule has 0 amide bonds. The van der Waals surface area contributed by atoms with Crippen LogP contribution in [-0.2, 0) is 11.3 Å². The number of alkyl halides is 2. The van der Waals surface area contributed by atoms with Crippen LogP contribution in [0.2, 0.25) is 0 Å². The number of hydrogen-bond acceptors (Lipinski definition) is 5. The van der Waals surface area contributed by atoms with Gasteiger partial charge < -0.3 is 15.2 Å². The second-order valence-corrected chi connectivity index (χ2v) is 3.95. The fourth-order valence-electron chi connectivity index (χ4n) is 1.02. The van der Waals surface area contributed by atoms with E-state index in [1.807, 2.05) is 0 Å². The monoisotopic (exact) mass is 266 g/mol. The number of carbonyl (C=O) groups is 1. The number of carboxylic acid groups (broad SMARTS) is 1. The molecule has 1 heterocycles. The normalized spacial score (nSPS) is 11.0. The highest BCUT2D eigenvalue weighted by Crippen LogP contribution is 2.08. The van der Waals surface area contributed by atoms with Crippen LogP contribution in [0.5, 0.6) is 0 Å². The van der Waals surface area contributed by atoms with Gasteiger partial charge in [0.2, 0.25) is 5.01 Å². The minimum atomic E-state index is -2.45. The van der Waals surface area contributed by atoms with Crippen molar-refractivity contribution < 1.29 is 23.4 Å². The van der Waals surface area contributed by atoms with Gasteiger partial charge >= 0.3 is 5.97 Å². The lowest BCUT2D eigenvalue weighted by Crippen LogP contribution is -2.20. The molecule has 1 rings (SSSR count).